The third-order valence-electron chi connectivity index (χ3n) is 12.1. The van der Waals surface area contributed by atoms with Gasteiger partial charge in [-0.2, -0.15) is 5.26 Å². The minimum Gasteiger partial charge on any atom is -0.490 e. The van der Waals surface area contributed by atoms with E-state index in [0.717, 1.165) is 76.9 Å². The number of alkyl halides is 3. The van der Waals surface area contributed by atoms with Gasteiger partial charge in [-0.1, -0.05) is 24.0 Å². The maximum atomic E-state index is 13.3. The SMILES string of the molecule is COCC1N=C(c2ccc(C#CC3CC4(C3)CN(c3ccc(C(=O)N5CCC(Oc6ccc(C#N)c(OC(F)(F)F)c6)CC5)nn3)C4)cc2)c2c(sc(C)c2C)-n2c(C)nnc21. The van der Waals surface area contributed by atoms with Gasteiger partial charge >= 0.3 is 6.36 Å². The summed E-state index contributed by atoms with van der Waals surface area (Å²) in [5.41, 5.74) is 5.41. The molecule has 0 radical (unpaired) electrons. The lowest BCUT2D eigenvalue weighted by Crippen LogP contribution is -2.62. The number of rotatable bonds is 8. The fourth-order valence-corrected chi connectivity index (χ4v) is 10.1. The molecule has 1 amide bonds. The number of amides is 1. The number of hydrogen-bond donors (Lipinski definition) is 0. The summed E-state index contributed by atoms with van der Waals surface area (Å²) >= 11 is 1.73. The first kappa shape index (κ1) is 41.1. The highest BCUT2D eigenvalue weighted by Crippen LogP contribution is 2.52. The first-order valence-electron chi connectivity index (χ1n) is 20.4. The number of anilines is 1. The van der Waals surface area contributed by atoms with Crippen LogP contribution in [0, 0.1) is 55.3 Å². The van der Waals surface area contributed by atoms with Crippen LogP contribution in [0.5, 0.6) is 11.5 Å². The van der Waals surface area contributed by atoms with E-state index >= 15 is 0 Å². The number of likely N-dealkylation sites (tertiary alicyclic amines) is 1. The first-order chi connectivity index (χ1) is 29.8. The second-order valence-electron chi connectivity index (χ2n) is 16.4. The molecule has 13 nitrogen and oxygen atoms in total. The third kappa shape index (κ3) is 7.98. The molecule has 9 rings (SSSR count). The van der Waals surface area contributed by atoms with Crippen molar-refractivity contribution >= 4 is 28.8 Å². The van der Waals surface area contributed by atoms with E-state index in [0.29, 0.717) is 38.5 Å². The fourth-order valence-electron chi connectivity index (χ4n) is 8.84. The number of ether oxygens (including phenoxy) is 3. The number of thiophene rings is 1. The van der Waals surface area contributed by atoms with Crippen LogP contribution in [0.1, 0.15) is 86.6 Å². The standard InChI is InChI=1S/C45H42F3N9O4S/c1-26-27(2)62-43-39(26)40(50-36(23-59-4)41-54-51-28(3)57(41)43)31-9-7-29(8-10-31)5-6-30-20-44(21-30)24-56(25-44)38-14-13-35(52-53-38)42(58)55-17-15-33(16-18-55)60-34-12-11-32(22-49)37(19-34)61-45(46,47)48/h7-14,19,30,33,36H,15-18,20-21,23-25H2,1-4H3. The number of hydrogen-bond acceptors (Lipinski definition) is 12. The van der Waals surface area contributed by atoms with Gasteiger partial charge in [-0.25, -0.2) is 0 Å². The fraction of sp³-hybridized carbons (Fsp3) is 0.400. The molecule has 2 aromatic carbocycles. The van der Waals surface area contributed by atoms with E-state index in [4.69, 9.17) is 19.7 Å². The van der Waals surface area contributed by atoms with Crippen LogP contribution in [0.4, 0.5) is 19.0 Å². The summed E-state index contributed by atoms with van der Waals surface area (Å²) in [7, 11) is 1.68. The summed E-state index contributed by atoms with van der Waals surface area (Å²) in [6, 6.07) is 17.0. The topological polar surface area (TPSA) is 144 Å². The van der Waals surface area contributed by atoms with Crippen molar-refractivity contribution in [2.24, 2.45) is 16.3 Å². The molecule has 1 saturated carbocycles. The van der Waals surface area contributed by atoms with Crippen LogP contribution < -0.4 is 14.4 Å². The Labute approximate surface area is 360 Å². The average Bonchev–Trinajstić information content (AvgIpc) is 3.70. The molecule has 1 atom stereocenters. The van der Waals surface area contributed by atoms with E-state index in [9.17, 15) is 18.0 Å². The zero-order valence-electron chi connectivity index (χ0n) is 34.5. The Bertz CT molecular complexity index is 2660. The highest BCUT2D eigenvalue weighted by molar-refractivity contribution is 7.15. The molecular formula is C45H42F3N9O4S. The van der Waals surface area contributed by atoms with E-state index in [2.05, 4.69) is 84.6 Å². The van der Waals surface area contributed by atoms with Gasteiger partial charge in [0.15, 0.2) is 23.1 Å². The molecule has 6 heterocycles. The molecule has 62 heavy (non-hydrogen) atoms. The summed E-state index contributed by atoms with van der Waals surface area (Å²) in [4.78, 5) is 23.6. The van der Waals surface area contributed by atoms with Gasteiger partial charge in [0, 0.05) is 85.1 Å². The number of piperidine rings is 1. The van der Waals surface area contributed by atoms with Gasteiger partial charge < -0.3 is 24.0 Å². The van der Waals surface area contributed by atoms with Gasteiger partial charge in [0.1, 0.15) is 34.8 Å². The van der Waals surface area contributed by atoms with Crippen LogP contribution in [0.15, 0.2) is 59.6 Å². The maximum Gasteiger partial charge on any atom is 0.573 e. The van der Waals surface area contributed by atoms with Crippen molar-refractivity contribution < 1.29 is 32.2 Å². The Morgan fingerprint density at radius 3 is 2.42 bits per heavy atom. The number of nitriles is 1. The lowest BCUT2D eigenvalue weighted by atomic mass is 9.58. The zero-order chi connectivity index (χ0) is 43.3. The van der Waals surface area contributed by atoms with E-state index in [-0.39, 0.29) is 40.5 Å². The lowest BCUT2D eigenvalue weighted by Gasteiger charge is -2.58. The van der Waals surface area contributed by atoms with Crippen molar-refractivity contribution in [2.45, 2.75) is 65.0 Å². The van der Waals surface area contributed by atoms with Gasteiger partial charge in [-0.05, 0) is 75.6 Å². The van der Waals surface area contributed by atoms with Crippen LogP contribution >= 0.6 is 11.3 Å². The molecule has 1 unspecified atom stereocenters. The van der Waals surface area contributed by atoms with Crippen molar-refractivity contribution in [2.75, 3.05) is 44.8 Å². The molecule has 1 spiro atoms. The summed E-state index contributed by atoms with van der Waals surface area (Å²) in [6.07, 6.45) is -2.29. The number of benzene rings is 2. The monoisotopic (exact) mass is 861 g/mol. The van der Waals surface area contributed by atoms with Crippen LogP contribution in [-0.4, -0.2) is 93.8 Å². The zero-order valence-corrected chi connectivity index (χ0v) is 35.3. The van der Waals surface area contributed by atoms with Crippen molar-refractivity contribution in [1.82, 2.24) is 29.9 Å². The van der Waals surface area contributed by atoms with Crippen molar-refractivity contribution in [3.8, 4) is 34.4 Å². The van der Waals surface area contributed by atoms with E-state index in [1.807, 2.05) is 13.0 Å². The first-order valence-corrected chi connectivity index (χ1v) is 21.2. The minimum atomic E-state index is -4.94. The third-order valence-corrected chi connectivity index (χ3v) is 13.3. The Kier molecular flexibility index (Phi) is 10.7. The molecule has 2 saturated heterocycles. The van der Waals surface area contributed by atoms with Crippen molar-refractivity contribution in [3.63, 3.8) is 0 Å². The molecule has 3 aliphatic heterocycles. The van der Waals surface area contributed by atoms with E-state index < -0.39 is 12.1 Å². The molecule has 0 N–H and O–H groups in total. The van der Waals surface area contributed by atoms with Gasteiger partial charge in [-0.15, -0.1) is 44.9 Å². The Hall–Kier alpha value is -6.30. The molecule has 4 aliphatic rings. The Balaban J connectivity index is 0.761. The quantitative estimate of drug-likeness (QED) is 0.146. The van der Waals surface area contributed by atoms with Gasteiger partial charge in [0.25, 0.3) is 5.91 Å². The molecule has 1 aliphatic carbocycles. The van der Waals surface area contributed by atoms with Gasteiger partial charge in [-0.3, -0.25) is 14.4 Å². The normalized spacial score (nSPS) is 18.3. The van der Waals surface area contributed by atoms with E-state index in [1.54, 1.807) is 35.5 Å². The predicted molar refractivity (Wildman–Crippen MR) is 224 cm³/mol. The average molecular weight is 862 g/mol. The number of carbonyl (C=O) groups is 1. The lowest BCUT2D eigenvalue weighted by molar-refractivity contribution is -0.274. The molecule has 3 fully saturated rings. The maximum absolute atomic E-state index is 13.3. The number of nitrogens with zero attached hydrogens (tertiary/aromatic N) is 9. The molecule has 5 aromatic rings. The minimum absolute atomic E-state index is 0.152. The number of aliphatic imine (C=N–C) groups is 1. The second-order valence-corrected chi connectivity index (χ2v) is 17.6. The number of aryl methyl sites for hydroxylation is 2. The van der Waals surface area contributed by atoms with Crippen molar-refractivity contribution in [1.29, 1.82) is 5.26 Å². The molecule has 0 bridgehead atoms. The summed E-state index contributed by atoms with van der Waals surface area (Å²) in [6.45, 7) is 9.14. The number of methoxy groups -OCH3 is 1. The van der Waals surface area contributed by atoms with Crippen LogP contribution in [0.2, 0.25) is 0 Å². The molecular weight excluding hydrogens is 820 g/mol. The largest absolute Gasteiger partial charge is 0.573 e. The Morgan fingerprint density at radius 2 is 1.74 bits per heavy atom. The highest BCUT2D eigenvalue weighted by Gasteiger charge is 2.52. The van der Waals surface area contributed by atoms with Crippen LogP contribution in [0.3, 0.4) is 0 Å². The molecule has 17 heteroatoms. The second kappa shape index (κ2) is 16.2. The Morgan fingerprint density at radius 1 is 0.984 bits per heavy atom. The smallest absolute Gasteiger partial charge is 0.490 e. The molecule has 3 aromatic heterocycles. The highest BCUT2D eigenvalue weighted by atomic mass is 32.1. The summed E-state index contributed by atoms with van der Waals surface area (Å²) < 4.78 is 56.0. The van der Waals surface area contributed by atoms with Crippen LogP contribution in [0.25, 0.3) is 5.00 Å². The van der Waals surface area contributed by atoms with Crippen molar-refractivity contribution in [3.05, 3.63) is 105 Å². The van der Waals surface area contributed by atoms with Gasteiger partial charge in [0.05, 0.1) is 17.9 Å². The van der Waals surface area contributed by atoms with Gasteiger partial charge in [0.2, 0.25) is 0 Å². The van der Waals surface area contributed by atoms with E-state index in [1.165, 1.54) is 22.6 Å². The number of fused-ring (bicyclic) bond motifs is 3. The number of aromatic nitrogens is 5. The van der Waals surface area contributed by atoms with Crippen LogP contribution in [-0.2, 0) is 4.74 Å². The number of halogens is 3. The number of carbonyl (C=O) groups excluding carboxylic acids is 1. The summed E-state index contributed by atoms with van der Waals surface area (Å²) in [5.74, 6) is 8.87. The summed E-state index contributed by atoms with van der Waals surface area (Å²) in [5, 5.41) is 27.7. The predicted octanol–water partition coefficient (Wildman–Crippen LogP) is 7.30. The molecule has 318 valence electrons.